The molecule has 0 saturated carbocycles. The number of thiol groups is 1. The molecule has 1 aromatic rings. The Labute approximate surface area is 110 Å². The minimum absolute atomic E-state index is 0. The second-order valence-electron chi connectivity index (χ2n) is 2.27. The van der Waals surface area contributed by atoms with Gasteiger partial charge >= 0.3 is 29.6 Å². The van der Waals surface area contributed by atoms with Crippen LogP contribution in [0, 0.1) is 0 Å². The zero-order valence-corrected chi connectivity index (χ0v) is 8.47. The Morgan fingerprint density at radius 3 is 2.43 bits per heavy atom. The van der Waals surface area contributed by atoms with E-state index in [1.807, 2.05) is 0 Å². The second kappa shape index (κ2) is 5.39. The van der Waals surface area contributed by atoms with Crippen LogP contribution >= 0.6 is 12.6 Å². The van der Waals surface area contributed by atoms with Crippen LogP contribution in [0.25, 0.3) is 0 Å². The van der Waals surface area contributed by atoms with Crippen LogP contribution in [0.15, 0.2) is 28.0 Å². The van der Waals surface area contributed by atoms with Crippen LogP contribution in [0.3, 0.4) is 0 Å². The van der Waals surface area contributed by atoms with Gasteiger partial charge in [-0.1, -0.05) is 0 Å². The fourth-order valence-electron chi connectivity index (χ4n) is 0.755. The molecule has 0 spiro atoms. The van der Waals surface area contributed by atoms with Gasteiger partial charge in [0.2, 0.25) is 0 Å². The maximum atomic E-state index is 11.1. The number of hydrogen-bond donors (Lipinski definition) is 2. The first-order valence-corrected chi connectivity index (χ1v) is 5.15. The van der Waals surface area contributed by atoms with Crippen molar-refractivity contribution >= 4 is 52.3 Å². The Morgan fingerprint density at radius 1 is 1.43 bits per heavy atom. The van der Waals surface area contributed by atoms with Gasteiger partial charge in [-0.25, -0.2) is 0 Å². The normalized spacial score (nSPS) is 10.7. The molecule has 0 radical (unpaired) electrons. The average Bonchev–Trinajstić information content (AvgIpc) is 2.09. The predicted molar refractivity (Wildman–Crippen MR) is 56.7 cm³/mol. The molecule has 1 rings (SSSR count). The van der Waals surface area contributed by atoms with Gasteiger partial charge in [0, 0.05) is 11.0 Å². The first kappa shape index (κ1) is 14.3. The van der Waals surface area contributed by atoms with Crippen LogP contribution in [0.1, 0.15) is 0 Å². The summed E-state index contributed by atoms with van der Waals surface area (Å²) in [5, 5.41) is 9.16. The Morgan fingerprint density at radius 2 is 2.00 bits per heavy atom. The van der Waals surface area contributed by atoms with Crippen molar-refractivity contribution in [3.63, 3.8) is 0 Å². The molecule has 0 aromatic heterocycles. The van der Waals surface area contributed by atoms with Gasteiger partial charge in [0.15, 0.2) is 0 Å². The van der Waals surface area contributed by atoms with E-state index in [4.69, 9.17) is 5.11 Å². The van der Waals surface area contributed by atoms with E-state index < -0.39 is 10.1 Å². The summed E-state index contributed by atoms with van der Waals surface area (Å²) in [6.45, 7) is 0. The zero-order chi connectivity index (χ0) is 10.1. The maximum absolute atomic E-state index is 11.1. The second-order valence-corrected chi connectivity index (χ2v) is 4.47. The van der Waals surface area contributed by atoms with Gasteiger partial charge in [0.25, 0.3) is 10.1 Å². The van der Waals surface area contributed by atoms with Gasteiger partial charge in [0.1, 0.15) is 5.75 Å². The number of benzene rings is 1. The molecular weight excluding hydrogens is 235 g/mol. The van der Waals surface area contributed by atoms with Crippen molar-refractivity contribution in [2.75, 3.05) is 7.11 Å². The van der Waals surface area contributed by atoms with Crippen LogP contribution in [-0.4, -0.2) is 50.2 Å². The van der Waals surface area contributed by atoms with Gasteiger partial charge in [-0.15, -0.1) is 12.6 Å². The monoisotopic (exact) mass is 244 g/mol. The summed E-state index contributed by atoms with van der Waals surface area (Å²) in [6.07, 6.45) is 0. The number of aromatic hydroxyl groups is 1. The molecule has 0 amide bonds. The van der Waals surface area contributed by atoms with Gasteiger partial charge in [-0.3, -0.25) is 4.18 Å². The minimum atomic E-state index is -3.73. The van der Waals surface area contributed by atoms with E-state index in [0.717, 1.165) is 13.2 Å². The van der Waals surface area contributed by atoms with Gasteiger partial charge in [0.05, 0.1) is 12.0 Å². The van der Waals surface area contributed by atoms with E-state index in [2.05, 4.69) is 16.8 Å². The van der Waals surface area contributed by atoms with Crippen molar-refractivity contribution in [3.8, 4) is 5.75 Å². The van der Waals surface area contributed by atoms with Crippen LogP contribution in [0.2, 0.25) is 0 Å². The van der Waals surface area contributed by atoms with Crippen molar-refractivity contribution in [1.82, 2.24) is 0 Å². The molecule has 0 unspecified atom stereocenters. The topological polar surface area (TPSA) is 63.6 Å². The molecule has 14 heavy (non-hydrogen) atoms. The van der Waals surface area contributed by atoms with E-state index in [9.17, 15) is 8.42 Å². The molecule has 0 atom stereocenters. The van der Waals surface area contributed by atoms with Crippen molar-refractivity contribution in [2.45, 2.75) is 9.79 Å². The third-order valence-corrected chi connectivity index (χ3v) is 3.10. The van der Waals surface area contributed by atoms with E-state index in [1.54, 1.807) is 0 Å². The van der Waals surface area contributed by atoms with Gasteiger partial charge in [-0.05, 0) is 12.1 Å². The predicted octanol–water partition coefficient (Wildman–Crippen LogP) is 0.367. The van der Waals surface area contributed by atoms with Crippen LogP contribution in [0.5, 0.6) is 5.75 Å². The van der Waals surface area contributed by atoms with Gasteiger partial charge < -0.3 is 5.11 Å². The number of hydrogen-bond acceptors (Lipinski definition) is 5. The Kier molecular flexibility index (Phi) is 5.50. The van der Waals surface area contributed by atoms with E-state index in [1.165, 1.54) is 12.1 Å². The zero-order valence-electron chi connectivity index (χ0n) is 6.76. The molecule has 7 heteroatoms. The molecule has 0 heterocycles. The third kappa shape index (κ3) is 3.15. The summed E-state index contributed by atoms with van der Waals surface area (Å²) in [7, 11) is -2.67. The number of rotatable bonds is 2. The fourth-order valence-corrected chi connectivity index (χ4v) is 1.58. The standard InChI is InChI=1S/C7H8O4S2.Na.H/c1-11-13(9,10)5-2-3-7(12)6(8)4-5;;/h2-4,8,12H,1H3;;. The third-order valence-electron chi connectivity index (χ3n) is 1.45. The van der Waals surface area contributed by atoms with Crippen molar-refractivity contribution in [2.24, 2.45) is 0 Å². The first-order valence-electron chi connectivity index (χ1n) is 3.30. The molecule has 1 N–H and O–H groups in total. The Balaban J connectivity index is 0.00000169. The molecule has 0 saturated heterocycles. The molecular formula is C7H9NaO4S2. The summed E-state index contributed by atoms with van der Waals surface area (Å²) in [6, 6.07) is 3.77. The molecule has 1 aromatic carbocycles. The Bertz CT molecular complexity index is 416. The fraction of sp³-hybridized carbons (Fsp3) is 0.143. The average molecular weight is 244 g/mol. The van der Waals surface area contributed by atoms with E-state index >= 15 is 0 Å². The molecule has 0 aliphatic carbocycles. The van der Waals surface area contributed by atoms with E-state index in [-0.39, 0.29) is 40.2 Å². The molecule has 0 fully saturated rings. The molecule has 4 nitrogen and oxygen atoms in total. The number of phenols is 1. The van der Waals surface area contributed by atoms with Crippen LogP contribution in [0.4, 0.5) is 0 Å². The summed E-state index contributed by atoms with van der Waals surface area (Å²) < 4.78 is 26.5. The van der Waals surface area contributed by atoms with Crippen molar-refractivity contribution < 1.29 is 17.7 Å². The van der Waals surface area contributed by atoms with Crippen LogP contribution in [-0.2, 0) is 14.3 Å². The first-order chi connectivity index (χ1) is 5.97. The molecule has 0 aliphatic heterocycles. The summed E-state index contributed by atoms with van der Waals surface area (Å²) in [5.74, 6) is -0.193. The van der Waals surface area contributed by atoms with Crippen LogP contribution < -0.4 is 0 Å². The van der Waals surface area contributed by atoms with Crippen molar-refractivity contribution in [3.05, 3.63) is 18.2 Å². The molecule has 74 valence electrons. The number of phenolic OH excluding ortho intramolecular Hbond substituents is 1. The van der Waals surface area contributed by atoms with Gasteiger partial charge in [-0.2, -0.15) is 8.42 Å². The summed E-state index contributed by atoms with van der Waals surface area (Å²) in [5.41, 5.74) is 0. The molecule has 0 aliphatic rings. The Hall–Kier alpha value is 0.280. The summed E-state index contributed by atoms with van der Waals surface area (Å²) >= 11 is 3.88. The molecule has 0 bridgehead atoms. The van der Waals surface area contributed by atoms with E-state index in [0.29, 0.717) is 4.90 Å². The quantitative estimate of drug-likeness (QED) is 0.448. The SMILES string of the molecule is COS(=O)(=O)c1ccc(S)c(O)c1.[NaH]. The van der Waals surface area contributed by atoms with Crippen molar-refractivity contribution in [1.29, 1.82) is 0 Å². The summed E-state index contributed by atoms with van der Waals surface area (Å²) in [4.78, 5) is 0.223.